The zero-order chi connectivity index (χ0) is 17.9. The number of nitrogens with zero attached hydrogens (tertiary/aromatic N) is 1. The Kier molecular flexibility index (Phi) is 4.71. The Morgan fingerprint density at radius 3 is 2.46 bits per heavy atom. The van der Waals surface area contributed by atoms with E-state index in [1.165, 1.54) is 22.6 Å². The first-order chi connectivity index (χ1) is 12.7. The molecule has 26 heavy (non-hydrogen) atoms. The third-order valence-corrected chi connectivity index (χ3v) is 5.76. The number of carbonyl (C=O) groups is 1. The molecule has 3 aromatic rings. The Hall–Kier alpha value is -2.66. The van der Waals surface area contributed by atoms with Crippen LogP contribution in [0.15, 0.2) is 54.6 Å². The van der Waals surface area contributed by atoms with Gasteiger partial charge in [-0.1, -0.05) is 42.5 Å². The predicted molar refractivity (Wildman–Crippen MR) is 102 cm³/mol. The lowest BCUT2D eigenvalue weighted by molar-refractivity contribution is -0.135. The molecule has 0 radical (unpaired) electrons. The lowest BCUT2D eigenvalue weighted by Gasteiger charge is -2.14. The summed E-state index contributed by atoms with van der Waals surface area (Å²) in [7, 11) is 0. The van der Waals surface area contributed by atoms with Gasteiger partial charge in [0.1, 0.15) is 12.3 Å². The van der Waals surface area contributed by atoms with Gasteiger partial charge in [0.25, 0.3) is 0 Å². The van der Waals surface area contributed by atoms with Crippen molar-refractivity contribution in [2.75, 3.05) is 0 Å². The number of fused-ring (bicyclic) bond motifs is 1. The Bertz CT molecular complexity index is 971. The summed E-state index contributed by atoms with van der Waals surface area (Å²) in [6.45, 7) is 0.102. The first-order valence-electron chi connectivity index (χ1n) is 8.83. The molecule has 0 fully saturated rings. The van der Waals surface area contributed by atoms with E-state index in [4.69, 9.17) is 10.1 Å². The number of nitrogens with one attached hydrogen (secondary N) is 1. The van der Waals surface area contributed by atoms with Crippen molar-refractivity contribution in [1.82, 2.24) is 4.57 Å². The van der Waals surface area contributed by atoms with Crippen LogP contribution in [0.2, 0.25) is 0 Å². The fourth-order valence-corrected chi connectivity index (χ4v) is 4.45. The summed E-state index contributed by atoms with van der Waals surface area (Å²) in [4.78, 5) is 14.0. The standard InChI is InChI=1S/C21H20N2O2S/c22-21-23(18-8-4-5-9-19(18)26-21)14-20(24)25-17-12-10-16(11-13-17)15-6-2-1-3-7-15/h1-3,6-7,10-13,22H,4-5,8-9,14H2. The van der Waals surface area contributed by atoms with Crippen molar-refractivity contribution in [3.05, 3.63) is 70.0 Å². The van der Waals surface area contributed by atoms with Crippen LogP contribution in [0.5, 0.6) is 5.75 Å². The molecule has 0 saturated carbocycles. The highest BCUT2D eigenvalue weighted by Crippen LogP contribution is 2.24. The van der Waals surface area contributed by atoms with Gasteiger partial charge in [0.2, 0.25) is 0 Å². The second-order valence-electron chi connectivity index (χ2n) is 6.43. The van der Waals surface area contributed by atoms with Gasteiger partial charge in [-0.15, -0.1) is 11.3 Å². The maximum atomic E-state index is 12.4. The second-order valence-corrected chi connectivity index (χ2v) is 7.52. The smallest absolute Gasteiger partial charge is 0.331 e. The number of hydrogen-bond acceptors (Lipinski definition) is 4. The molecule has 1 aliphatic carbocycles. The van der Waals surface area contributed by atoms with Crippen molar-refractivity contribution in [1.29, 1.82) is 5.41 Å². The molecule has 1 N–H and O–H groups in total. The van der Waals surface area contributed by atoms with E-state index < -0.39 is 0 Å². The van der Waals surface area contributed by atoms with Gasteiger partial charge in [-0.25, -0.2) is 4.79 Å². The summed E-state index contributed by atoms with van der Waals surface area (Å²) in [5, 5.41) is 8.14. The second kappa shape index (κ2) is 7.30. The Balaban J connectivity index is 1.46. The van der Waals surface area contributed by atoms with Gasteiger partial charge >= 0.3 is 5.97 Å². The summed E-state index contributed by atoms with van der Waals surface area (Å²) in [5.41, 5.74) is 3.35. The molecule has 0 atom stereocenters. The number of rotatable bonds is 4. The van der Waals surface area contributed by atoms with Gasteiger partial charge in [0.05, 0.1) is 0 Å². The number of benzene rings is 2. The van der Waals surface area contributed by atoms with E-state index in [0.29, 0.717) is 10.6 Å². The average molecular weight is 364 g/mol. The Labute approximate surface area is 156 Å². The zero-order valence-corrected chi connectivity index (χ0v) is 15.2. The van der Waals surface area contributed by atoms with E-state index in [2.05, 4.69) is 0 Å². The summed E-state index contributed by atoms with van der Waals surface area (Å²) >= 11 is 1.49. The number of aryl methyl sites for hydroxylation is 1. The number of aromatic nitrogens is 1. The average Bonchev–Trinajstić information content (AvgIpc) is 2.98. The lowest BCUT2D eigenvalue weighted by atomic mass is 10.0. The van der Waals surface area contributed by atoms with Gasteiger partial charge in [-0.2, -0.15) is 0 Å². The van der Waals surface area contributed by atoms with E-state index in [9.17, 15) is 4.79 Å². The zero-order valence-electron chi connectivity index (χ0n) is 14.4. The first kappa shape index (κ1) is 16.8. The Morgan fingerprint density at radius 2 is 1.69 bits per heavy atom. The summed E-state index contributed by atoms with van der Waals surface area (Å²) < 4.78 is 7.29. The normalized spacial score (nSPS) is 13.2. The molecule has 0 aliphatic heterocycles. The van der Waals surface area contributed by atoms with Crippen LogP contribution >= 0.6 is 11.3 Å². The molecular formula is C21H20N2O2S. The van der Waals surface area contributed by atoms with Crippen molar-refractivity contribution >= 4 is 17.3 Å². The maximum absolute atomic E-state index is 12.4. The SMILES string of the molecule is N=c1sc2c(n1CC(=O)Oc1ccc(-c3ccccc3)cc1)CCCC2. The highest BCUT2D eigenvalue weighted by molar-refractivity contribution is 7.09. The van der Waals surface area contributed by atoms with Gasteiger partial charge in [0.15, 0.2) is 4.80 Å². The van der Waals surface area contributed by atoms with Crippen LogP contribution in [-0.2, 0) is 24.2 Å². The lowest BCUT2D eigenvalue weighted by Crippen LogP contribution is -2.25. The van der Waals surface area contributed by atoms with Gasteiger partial charge < -0.3 is 9.30 Å². The van der Waals surface area contributed by atoms with Crippen LogP contribution in [0.4, 0.5) is 0 Å². The molecule has 4 rings (SSSR count). The monoisotopic (exact) mass is 364 g/mol. The predicted octanol–water partition coefficient (Wildman–Crippen LogP) is 4.18. The van der Waals surface area contributed by atoms with Crippen molar-refractivity contribution in [3.8, 4) is 16.9 Å². The molecule has 0 unspecified atom stereocenters. The van der Waals surface area contributed by atoms with E-state index in [1.807, 2.05) is 54.6 Å². The molecule has 4 nitrogen and oxygen atoms in total. The maximum Gasteiger partial charge on any atom is 0.331 e. The number of thiazole rings is 1. The minimum atomic E-state index is -0.331. The molecule has 1 heterocycles. The van der Waals surface area contributed by atoms with E-state index in [0.717, 1.165) is 36.1 Å². The summed E-state index contributed by atoms with van der Waals surface area (Å²) in [6, 6.07) is 17.6. The molecular weight excluding hydrogens is 344 g/mol. The van der Waals surface area contributed by atoms with Gasteiger partial charge in [0, 0.05) is 10.6 Å². The van der Waals surface area contributed by atoms with Crippen LogP contribution in [0, 0.1) is 5.41 Å². The third kappa shape index (κ3) is 3.48. The van der Waals surface area contributed by atoms with Crippen LogP contribution in [0.25, 0.3) is 11.1 Å². The number of ether oxygens (including phenoxy) is 1. The van der Waals surface area contributed by atoms with Crippen molar-refractivity contribution in [3.63, 3.8) is 0 Å². The quantitative estimate of drug-likeness (QED) is 0.558. The minimum absolute atomic E-state index is 0.102. The number of hydrogen-bond donors (Lipinski definition) is 1. The van der Waals surface area contributed by atoms with E-state index in [1.54, 1.807) is 4.57 Å². The molecule has 5 heteroatoms. The van der Waals surface area contributed by atoms with E-state index >= 15 is 0 Å². The molecule has 0 amide bonds. The fraction of sp³-hybridized carbons (Fsp3) is 0.238. The Morgan fingerprint density at radius 1 is 1.00 bits per heavy atom. The fourth-order valence-electron chi connectivity index (χ4n) is 3.36. The first-order valence-corrected chi connectivity index (χ1v) is 9.64. The van der Waals surface area contributed by atoms with Gasteiger partial charge in [-0.3, -0.25) is 5.41 Å². The third-order valence-electron chi connectivity index (χ3n) is 4.66. The molecule has 132 valence electrons. The molecule has 1 aromatic heterocycles. The highest BCUT2D eigenvalue weighted by Gasteiger charge is 2.19. The van der Waals surface area contributed by atoms with E-state index in [-0.39, 0.29) is 12.5 Å². The van der Waals surface area contributed by atoms with Crippen molar-refractivity contribution < 1.29 is 9.53 Å². The van der Waals surface area contributed by atoms with Crippen LogP contribution in [-0.4, -0.2) is 10.5 Å². The topological polar surface area (TPSA) is 55.1 Å². The summed E-state index contributed by atoms with van der Waals surface area (Å²) in [6.07, 6.45) is 4.27. The van der Waals surface area contributed by atoms with Crippen LogP contribution < -0.4 is 9.54 Å². The molecule has 0 spiro atoms. The molecule has 0 bridgehead atoms. The number of esters is 1. The minimum Gasteiger partial charge on any atom is -0.425 e. The molecule has 0 saturated heterocycles. The van der Waals surface area contributed by atoms with Crippen molar-refractivity contribution in [2.45, 2.75) is 32.2 Å². The number of carbonyl (C=O) groups excluding carboxylic acids is 1. The van der Waals surface area contributed by atoms with Crippen molar-refractivity contribution in [2.24, 2.45) is 0 Å². The van der Waals surface area contributed by atoms with Crippen LogP contribution in [0.3, 0.4) is 0 Å². The van der Waals surface area contributed by atoms with Crippen LogP contribution in [0.1, 0.15) is 23.4 Å². The van der Waals surface area contributed by atoms with Gasteiger partial charge in [-0.05, 0) is 48.9 Å². The molecule has 1 aliphatic rings. The highest BCUT2D eigenvalue weighted by atomic mass is 32.1. The largest absolute Gasteiger partial charge is 0.425 e. The summed E-state index contributed by atoms with van der Waals surface area (Å²) in [5.74, 6) is 0.202. The molecule has 2 aromatic carbocycles.